The zero-order valence-corrected chi connectivity index (χ0v) is 8.87. The van der Waals surface area contributed by atoms with Crippen LogP contribution in [0.1, 0.15) is 26.2 Å². The molecule has 0 aromatic heterocycles. The molecule has 2 atom stereocenters. The van der Waals surface area contributed by atoms with Crippen LogP contribution < -0.4 is 0 Å². The Morgan fingerprint density at radius 1 is 1.43 bits per heavy atom. The van der Waals surface area contributed by atoms with Crippen LogP contribution in [0.3, 0.4) is 0 Å². The van der Waals surface area contributed by atoms with Crippen molar-refractivity contribution in [2.45, 2.75) is 43.2 Å². The van der Waals surface area contributed by atoms with Gasteiger partial charge in [-0.15, -0.1) is 0 Å². The average Bonchev–Trinajstić information content (AvgIpc) is 2.77. The maximum absolute atomic E-state index is 11.0. The molecule has 0 radical (unpaired) electrons. The van der Waals surface area contributed by atoms with E-state index in [0.29, 0.717) is 6.04 Å². The summed E-state index contributed by atoms with van der Waals surface area (Å²) in [7, 11) is -4.36. The van der Waals surface area contributed by atoms with E-state index in [4.69, 9.17) is 4.55 Å². The summed E-state index contributed by atoms with van der Waals surface area (Å²) in [6.07, 6.45) is 2.22. The summed E-state index contributed by atoms with van der Waals surface area (Å²) in [5.74, 6) is 0. The molecule has 0 aromatic rings. The fraction of sp³-hybridized carbons (Fsp3) is 1.00. The first-order chi connectivity index (χ1) is 6.33. The Kier molecular flexibility index (Phi) is 2.15. The number of nitrogens with zero attached hydrogens (tertiary/aromatic N) is 1. The lowest BCUT2D eigenvalue weighted by Crippen LogP contribution is -2.41. The predicted octanol–water partition coefficient (Wildman–Crippen LogP) is -0.181. The molecule has 2 unspecified atom stereocenters. The molecule has 1 saturated carbocycles. The van der Waals surface area contributed by atoms with Gasteiger partial charge < -0.3 is 5.11 Å². The summed E-state index contributed by atoms with van der Waals surface area (Å²) in [5, 5.41) is 9.77. The topological polar surface area (TPSA) is 77.8 Å². The van der Waals surface area contributed by atoms with Crippen molar-refractivity contribution in [2.24, 2.45) is 0 Å². The van der Waals surface area contributed by atoms with Crippen molar-refractivity contribution in [2.75, 3.05) is 6.54 Å². The molecule has 0 amide bonds. The highest BCUT2D eigenvalue weighted by molar-refractivity contribution is 7.87. The van der Waals surface area contributed by atoms with E-state index < -0.39 is 15.1 Å². The van der Waals surface area contributed by atoms with E-state index in [1.165, 1.54) is 0 Å². The van der Waals surface area contributed by atoms with E-state index in [0.717, 1.165) is 12.8 Å². The van der Waals surface area contributed by atoms with Gasteiger partial charge in [0.25, 0.3) is 10.1 Å². The minimum Gasteiger partial charge on any atom is -0.371 e. The highest BCUT2D eigenvalue weighted by Gasteiger charge is 2.53. The van der Waals surface area contributed by atoms with Gasteiger partial charge in [-0.25, -0.2) is 0 Å². The maximum Gasteiger partial charge on any atom is 0.296 e. The Morgan fingerprint density at radius 2 is 2.00 bits per heavy atom. The van der Waals surface area contributed by atoms with Gasteiger partial charge in [0.15, 0.2) is 0 Å². The normalized spacial score (nSPS) is 40.4. The Morgan fingerprint density at radius 3 is 2.36 bits per heavy atom. The summed E-state index contributed by atoms with van der Waals surface area (Å²) >= 11 is 0. The third-order valence-corrected chi connectivity index (χ3v) is 4.36. The highest BCUT2D eigenvalue weighted by Crippen LogP contribution is 2.38. The quantitative estimate of drug-likeness (QED) is 0.632. The number of hydrogen-bond donors (Lipinski definition) is 2. The smallest absolute Gasteiger partial charge is 0.296 e. The zero-order valence-electron chi connectivity index (χ0n) is 8.05. The summed E-state index contributed by atoms with van der Waals surface area (Å²) in [5.41, 5.74) is 0. The first-order valence-electron chi connectivity index (χ1n) is 4.79. The van der Waals surface area contributed by atoms with Gasteiger partial charge in [-0.3, -0.25) is 9.45 Å². The standard InChI is InChI=1S/C8H15NO4S/c1-6-4-8(10,14(11,12)13)5-9(6)7-2-3-7/h6-7,10H,2-5H2,1H3,(H,11,12,13). The van der Waals surface area contributed by atoms with Crippen molar-refractivity contribution in [3.63, 3.8) is 0 Å². The minimum absolute atomic E-state index is 0.0226. The van der Waals surface area contributed by atoms with Crippen LogP contribution in [0.2, 0.25) is 0 Å². The molecule has 6 heteroatoms. The average molecular weight is 221 g/mol. The molecular formula is C8H15NO4S. The Labute approximate surface area is 83.5 Å². The number of aliphatic hydroxyl groups is 1. The first kappa shape index (κ1) is 10.4. The van der Waals surface area contributed by atoms with Crippen LogP contribution in [0.15, 0.2) is 0 Å². The van der Waals surface area contributed by atoms with Gasteiger partial charge in [0.05, 0.1) is 0 Å². The van der Waals surface area contributed by atoms with Crippen molar-refractivity contribution < 1.29 is 18.1 Å². The van der Waals surface area contributed by atoms with E-state index >= 15 is 0 Å². The molecule has 82 valence electrons. The van der Waals surface area contributed by atoms with E-state index in [-0.39, 0.29) is 19.0 Å². The molecule has 0 spiro atoms. The van der Waals surface area contributed by atoms with Gasteiger partial charge in [0.2, 0.25) is 4.93 Å². The van der Waals surface area contributed by atoms with Crippen LogP contribution in [-0.2, 0) is 10.1 Å². The van der Waals surface area contributed by atoms with Crippen LogP contribution in [-0.4, -0.2) is 46.5 Å². The summed E-state index contributed by atoms with van der Waals surface area (Å²) in [6.45, 7) is 1.92. The molecule has 0 bridgehead atoms. The maximum atomic E-state index is 11.0. The van der Waals surface area contributed by atoms with Crippen LogP contribution in [0, 0.1) is 0 Å². The second-order valence-electron chi connectivity index (χ2n) is 4.38. The molecule has 14 heavy (non-hydrogen) atoms. The molecule has 1 aliphatic heterocycles. The second kappa shape index (κ2) is 2.91. The van der Waals surface area contributed by atoms with Crippen molar-refractivity contribution in [3.8, 4) is 0 Å². The SMILES string of the molecule is CC1CC(O)(S(=O)(=O)O)CN1C1CC1. The van der Waals surface area contributed by atoms with E-state index in [2.05, 4.69) is 0 Å². The van der Waals surface area contributed by atoms with E-state index in [9.17, 15) is 13.5 Å². The highest BCUT2D eigenvalue weighted by atomic mass is 32.2. The van der Waals surface area contributed by atoms with Crippen LogP contribution >= 0.6 is 0 Å². The van der Waals surface area contributed by atoms with Gasteiger partial charge in [-0.05, 0) is 19.8 Å². The van der Waals surface area contributed by atoms with Crippen LogP contribution in [0.25, 0.3) is 0 Å². The lowest BCUT2D eigenvalue weighted by atomic mass is 10.2. The van der Waals surface area contributed by atoms with E-state index in [1.807, 2.05) is 11.8 Å². The third kappa shape index (κ3) is 1.56. The molecule has 2 fully saturated rings. The molecule has 2 rings (SSSR count). The third-order valence-electron chi connectivity index (χ3n) is 3.11. The number of β-amino-alcohol motifs (C(OH)–C–C–N with tert-alkyl or cyclic N) is 1. The summed E-state index contributed by atoms with van der Waals surface area (Å²) in [6, 6.07) is 0.426. The molecule has 1 saturated heterocycles. The number of hydrogen-bond acceptors (Lipinski definition) is 4. The number of likely N-dealkylation sites (tertiary alicyclic amines) is 1. The molecule has 1 heterocycles. The predicted molar refractivity (Wildman–Crippen MR) is 50.3 cm³/mol. The molecule has 1 aliphatic carbocycles. The molecule has 2 aliphatic rings. The number of rotatable bonds is 2. The van der Waals surface area contributed by atoms with Crippen molar-refractivity contribution in [1.82, 2.24) is 4.90 Å². The fourth-order valence-corrected chi connectivity index (χ4v) is 2.93. The van der Waals surface area contributed by atoms with Crippen LogP contribution in [0.4, 0.5) is 0 Å². The second-order valence-corrected chi connectivity index (χ2v) is 6.09. The van der Waals surface area contributed by atoms with Gasteiger partial charge >= 0.3 is 0 Å². The Hall–Kier alpha value is -0.170. The summed E-state index contributed by atoms with van der Waals surface area (Å²) in [4.78, 5) is 0.0166. The first-order valence-corrected chi connectivity index (χ1v) is 6.23. The van der Waals surface area contributed by atoms with Crippen LogP contribution in [0.5, 0.6) is 0 Å². The fourth-order valence-electron chi connectivity index (χ4n) is 2.17. The molecule has 5 nitrogen and oxygen atoms in total. The lowest BCUT2D eigenvalue weighted by Gasteiger charge is -2.20. The van der Waals surface area contributed by atoms with Gasteiger partial charge in [-0.2, -0.15) is 8.42 Å². The van der Waals surface area contributed by atoms with Gasteiger partial charge in [-0.1, -0.05) is 0 Å². The molecule has 2 N–H and O–H groups in total. The van der Waals surface area contributed by atoms with Crippen molar-refractivity contribution in [3.05, 3.63) is 0 Å². The molecule has 0 aromatic carbocycles. The van der Waals surface area contributed by atoms with Gasteiger partial charge in [0.1, 0.15) is 0 Å². The largest absolute Gasteiger partial charge is 0.371 e. The van der Waals surface area contributed by atoms with Crippen molar-refractivity contribution in [1.29, 1.82) is 0 Å². The lowest BCUT2D eigenvalue weighted by molar-refractivity contribution is 0.117. The van der Waals surface area contributed by atoms with E-state index in [1.54, 1.807) is 0 Å². The van der Waals surface area contributed by atoms with Gasteiger partial charge in [0, 0.05) is 25.0 Å². The zero-order chi connectivity index (χ0) is 10.6. The summed E-state index contributed by atoms with van der Waals surface area (Å²) < 4.78 is 30.8. The van der Waals surface area contributed by atoms with Crippen molar-refractivity contribution >= 4 is 10.1 Å². The Balaban J connectivity index is 2.19. The molecular weight excluding hydrogens is 206 g/mol. The monoisotopic (exact) mass is 221 g/mol. The Bertz CT molecular complexity index is 337. The minimum atomic E-state index is -4.36.